The van der Waals surface area contributed by atoms with E-state index in [1.807, 2.05) is 57.2 Å². The van der Waals surface area contributed by atoms with Crippen LogP contribution in [0.3, 0.4) is 0 Å². The fourth-order valence-corrected chi connectivity index (χ4v) is 6.39. The molecule has 2 aromatic carbocycles. The van der Waals surface area contributed by atoms with Gasteiger partial charge >= 0.3 is 0 Å². The van der Waals surface area contributed by atoms with E-state index in [4.69, 9.17) is 0 Å². The number of allylic oxidation sites excluding steroid dienone is 1. The Kier molecular flexibility index (Phi) is 5.73. The van der Waals surface area contributed by atoms with Crippen LogP contribution in [0.5, 0.6) is 0 Å². The maximum absolute atomic E-state index is 13.4. The minimum absolute atomic E-state index is 0.0765. The Morgan fingerprint density at radius 1 is 1.18 bits per heavy atom. The quantitative estimate of drug-likeness (QED) is 0.617. The van der Waals surface area contributed by atoms with Crippen LogP contribution < -0.4 is 10.0 Å². The second-order valence-electron chi connectivity index (χ2n) is 10.1. The molecular formula is C26H30N2O4S. The maximum Gasteiger partial charge on any atom is 0.266 e. The molecule has 6 nitrogen and oxygen atoms in total. The number of rotatable bonds is 6. The molecule has 2 N–H and O–H groups in total. The minimum atomic E-state index is -4.20. The lowest BCUT2D eigenvalue weighted by Crippen LogP contribution is -2.44. The topological polar surface area (TPSA) is 92.3 Å². The number of benzene rings is 2. The van der Waals surface area contributed by atoms with Gasteiger partial charge in [0.25, 0.3) is 10.0 Å². The molecule has 0 bridgehead atoms. The van der Waals surface area contributed by atoms with Crippen LogP contribution >= 0.6 is 0 Å². The van der Waals surface area contributed by atoms with Crippen molar-refractivity contribution in [1.82, 2.24) is 4.72 Å². The number of carbonyl (C=O) groups excluding carboxylic acids is 2. The Balaban J connectivity index is 1.67. The molecule has 0 saturated heterocycles. The largest absolute Gasteiger partial charge is 0.325 e. The Labute approximate surface area is 195 Å². The van der Waals surface area contributed by atoms with E-state index in [1.165, 1.54) is 6.07 Å². The van der Waals surface area contributed by atoms with Gasteiger partial charge < -0.3 is 5.32 Å². The van der Waals surface area contributed by atoms with Crippen LogP contribution in [0.2, 0.25) is 0 Å². The van der Waals surface area contributed by atoms with E-state index in [2.05, 4.69) is 16.6 Å². The smallest absolute Gasteiger partial charge is 0.266 e. The van der Waals surface area contributed by atoms with E-state index in [0.717, 1.165) is 11.1 Å². The summed E-state index contributed by atoms with van der Waals surface area (Å²) in [5.41, 5.74) is 0.832. The highest BCUT2D eigenvalue weighted by atomic mass is 32.2. The second kappa shape index (κ2) is 8.13. The van der Waals surface area contributed by atoms with E-state index in [-0.39, 0.29) is 34.7 Å². The number of sulfonamides is 1. The fourth-order valence-electron chi connectivity index (χ4n) is 5.16. The van der Waals surface area contributed by atoms with E-state index in [0.29, 0.717) is 12.8 Å². The molecule has 2 amide bonds. The minimum Gasteiger partial charge on any atom is -0.325 e. The van der Waals surface area contributed by atoms with E-state index in [9.17, 15) is 18.0 Å². The maximum atomic E-state index is 13.4. The molecule has 2 aliphatic rings. The summed E-state index contributed by atoms with van der Waals surface area (Å²) in [6.07, 6.45) is 3.16. The highest BCUT2D eigenvalue weighted by Gasteiger charge is 2.65. The first-order chi connectivity index (χ1) is 15.5. The lowest BCUT2D eigenvalue weighted by molar-refractivity contribution is -0.128. The Hall–Kier alpha value is -2.93. The van der Waals surface area contributed by atoms with Gasteiger partial charge in [0.05, 0.1) is 11.1 Å². The standard InChI is InChI=1S/C26H30N2O4S/c1-5-19-16-26(19,25(2,3)4)24(30)28-33(31,32)21-13-9-12-20-18(15-22(29)27-23(20)21)14-17-10-7-6-8-11-17/h5-13,18-19H,1,14-16H2,2-4H3,(H,27,29)(H,28,30)/t18?,19-,26-/m1/s1. The van der Waals surface area contributed by atoms with Gasteiger partial charge in [-0.3, -0.25) is 9.59 Å². The molecular weight excluding hydrogens is 436 g/mol. The Bertz CT molecular complexity index is 1210. The third kappa shape index (κ3) is 4.10. The summed E-state index contributed by atoms with van der Waals surface area (Å²) in [5, 5.41) is 2.74. The van der Waals surface area contributed by atoms with Crippen molar-refractivity contribution in [1.29, 1.82) is 0 Å². The second-order valence-corrected chi connectivity index (χ2v) is 11.7. The molecule has 1 aliphatic heterocycles. The fraction of sp³-hybridized carbons (Fsp3) is 0.385. The number of hydrogen-bond donors (Lipinski definition) is 2. The van der Waals surface area contributed by atoms with Crippen molar-refractivity contribution in [3.05, 3.63) is 72.3 Å². The average Bonchev–Trinajstić information content (AvgIpc) is 3.50. The van der Waals surface area contributed by atoms with Gasteiger partial charge in [0.1, 0.15) is 4.90 Å². The average molecular weight is 467 g/mol. The van der Waals surface area contributed by atoms with Gasteiger partial charge in [-0.25, -0.2) is 13.1 Å². The van der Waals surface area contributed by atoms with E-state index < -0.39 is 26.8 Å². The molecule has 2 aromatic rings. The van der Waals surface area contributed by atoms with Crippen LogP contribution in [0.4, 0.5) is 5.69 Å². The van der Waals surface area contributed by atoms with Gasteiger partial charge in [-0.15, -0.1) is 6.58 Å². The molecule has 0 radical (unpaired) electrons. The number of carbonyl (C=O) groups is 2. The van der Waals surface area contributed by atoms with Crippen molar-refractivity contribution in [2.45, 2.75) is 50.8 Å². The Morgan fingerprint density at radius 2 is 1.88 bits per heavy atom. The number of anilines is 1. The molecule has 1 fully saturated rings. The third-order valence-corrected chi connectivity index (χ3v) is 8.45. The van der Waals surface area contributed by atoms with Gasteiger partial charge in [0.15, 0.2) is 0 Å². The van der Waals surface area contributed by atoms with Crippen LogP contribution in [0.15, 0.2) is 66.1 Å². The molecule has 3 atom stereocenters. The normalized spacial score (nSPS) is 24.4. The zero-order chi connectivity index (χ0) is 24.0. The van der Waals surface area contributed by atoms with Gasteiger partial charge in [0.2, 0.25) is 11.8 Å². The van der Waals surface area contributed by atoms with Gasteiger partial charge in [0, 0.05) is 6.42 Å². The molecule has 1 saturated carbocycles. The molecule has 0 spiro atoms. The first-order valence-corrected chi connectivity index (χ1v) is 12.6. The SMILES string of the molecule is C=C[C@@H]1C[C@@]1(C(=O)NS(=O)(=O)c1cccc2c1NC(=O)CC2Cc1ccccc1)C(C)(C)C. The molecule has 7 heteroatoms. The van der Waals surface area contributed by atoms with Gasteiger partial charge in [-0.1, -0.05) is 69.3 Å². The molecule has 174 valence electrons. The summed E-state index contributed by atoms with van der Waals surface area (Å²) in [6, 6.07) is 14.7. The summed E-state index contributed by atoms with van der Waals surface area (Å²) < 4.78 is 29.1. The Morgan fingerprint density at radius 3 is 2.48 bits per heavy atom. The zero-order valence-corrected chi connectivity index (χ0v) is 20.0. The van der Waals surface area contributed by atoms with Crippen molar-refractivity contribution < 1.29 is 18.0 Å². The van der Waals surface area contributed by atoms with Crippen LogP contribution in [0.25, 0.3) is 0 Å². The summed E-state index contributed by atoms with van der Waals surface area (Å²) in [4.78, 5) is 25.7. The van der Waals surface area contributed by atoms with Crippen LogP contribution in [0.1, 0.15) is 50.7 Å². The van der Waals surface area contributed by atoms with Crippen molar-refractivity contribution in [3.8, 4) is 0 Å². The van der Waals surface area contributed by atoms with E-state index >= 15 is 0 Å². The van der Waals surface area contributed by atoms with Crippen molar-refractivity contribution in [2.75, 3.05) is 5.32 Å². The lowest BCUT2D eigenvalue weighted by Gasteiger charge is -2.31. The number of nitrogens with one attached hydrogen (secondary N) is 2. The first-order valence-electron chi connectivity index (χ1n) is 11.2. The summed E-state index contributed by atoms with van der Waals surface area (Å²) in [5.74, 6) is -0.998. The molecule has 0 aromatic heterocycles. The van der Waals surface area contributed by atoms with Gasteiger partial charge in [-0.05, 0) is 47.3 Å². The molecule has 4 rings (SSSR count). The van der Waals surface area contributed by atoms with E-state index in [1.54, 1.807) is 12.1 Å². The third-order valence-electron chi connectivity index (χ3n) is 7.08. The number of para-hydroxylation sites is 1. The lowest BCUT2D eigenvalue weighted by atomic mass is 9.75. The monoisotopic (exact) mass is 466 g/mol. The predicted molar refractivity (Wildman–Crippen MR) is 128 cm³/mol. The molecule has 1 heterocycles. The van der Waals surface area contributed by atoms with Crippen molar-refractivity contribution >= 4 is 27.5 Å². The number of hydrogen-bond acceptors (Lipinski definition) is 4. The van der Waals surface area contributed by atoms with Crippen LogP contribution in [-0.2, 0) is 26.0 Å². The zero-order valence-electron chi connectivity index (χ0n) is 19.2. The summed E-state index contributed by atoms with van der Waals surface area (Å²) >= 11 is 0. The van der Waals surface area contributed by atoms with Crippen LogP contribution in [-0.4, -0.2) is 20.2 Å². The summed E-state index contributed by atoms with van der Waals surface area (Å²) in [6.45, 7) is 9.60. The molecule has 1 aliphatic carbocycles. The molecule has 33 heavy (non-hydrogen) atoms. The van der Waals surface area contributed by atoms with Crippen molar-refractivity contribution in [3.63, 3.8) is 0 Å². The van der Waals surface area contributed by atoms with Gasteiger partial charge in [-0.2, -0.15) is 0 Å². The number of amides is 2. The number of fused-ring (bicyclic) bond motifs is 1. The van der Waals surface area contributed by atoms with Crippen LogP contribution in [0, 0.1) is 16.7 Å². The molecule has 1 unspecified atom stereocenters. The summed E-state index contributed by atoms with van der Waals surface area (Å²) in [7, 11) is -4.20. The highest BCUT2D eigenvalue weighted by molar-refractivity contribution is 7.90. The first kappa shape index (κ1) is 23.2. The predicted octanol–water partition coefficient (Wildman–Crippen LogP) is 4.40. The highest BCUT2D eigenvalue weighted by Crippen LogP contribution is 2.64. The van der Waals surface area contributed by atoms with Crippen molar-refractivity contribution in [2.24, 2.45) is 16.7 Å².